The predicted octanol–water partition coefficient (Wildman–Crippen LogP) is -1.08. The van der Waals surface area contributed by atoms with Crippen LogP contribution in [0.4, 0.5) is 0 Å². The van der Waals surface area contributed by atoms with Crippen LogP contribution in [0.15, 0.2) is 0 Å². The number of nitrogens with two attached hydrogens (primary N) is 1. The van der Waals surface area contributed by atoms with Crippen LogP contribution in [0, 0.1) is 0 Å². The number of nitrogens with one attached hydrogen (secondary N) is 1. The summed E-state index contributed by atoms with van der Waals surface area (Å²) in [6, 6.07) is -1.99. The second-order valence-corrected chi connectivity index (χ2v) is 5.31. The van der Waals surface area contributed by atoms with Crippen molar-refractivity contribution in [3.05, 3.63) is 0 Å². The van der Waals surface area contributed by atoms with Gasteiger partial charge in [-0.25, -0.2) is 0 Å². The maximum atomic E-state index is 11.3. The van der Waals surface area contributed by atoms with Crippen LogP contribution in [0.5, 0.6) is 0 Å². The van der Waals surface area contributed by atoms with Gasteiger partial charge in [0.15, 0.2) is 0 Å². The molecule has 0 aromatic heterocycles. The zero-order chi connectivity index (χ0) is 13.4. The third-order valence-corrected chi connectivity index (χ3v) is 3.36. The standard InChI is InChI=1S/C9H16N2O5Se/c1-17-4-6(9(15)16)11-7(12)3-2-5(10)8(13)14/h5-6H,2-4,10H2,1H3,(H,11,12)(H,13,14)(H,15,16)/t5-,6+/m0/s1. The Morgan fingerprint density at radius 1 is 1.29 bits per heavy atom. The van der Waals surface area contributed by atoms with Gasteiger partial charge < -0.3 is 0 Å². The molecule has 0 saturated carbocycles. The summed E-state index contributed by atoms with van der Waals surface area (Å²) in [4.78, 5) is 32.5. The Kier molecular flexibility index (Phi) is 7.52. The molecule has 17 heavy (non-hydrogen) atoms. The van der Waals surface area contributed by atoms with Gasteiger partial charge >= 0.3 is 105 Å². The van der Waals surface area contributed by atoms with Crippen LogP contribution in [-0.4, -0.2) is 55.1 Å². The van der Waals surface area contributed by atoms with Crippen LogP contribution in [0.25, 0.3) is 0 Å². The minimum atomic E-state index is -1.18. The topological polar surface area (TPSA) is 130 Å². The summed E-state index contributed by atoms with van der Waals surface area (Å²) in [6.45, 7) is 0. The Labute approximate surface area is 105 Å². The van der Waals surface area contributed by atoms with E-state index in [0.29, 0.717) is 5.32 Å². The summed E-state index contributed by atoms with van der Waals surface area (Å²) in [7, 11) is 0. The van der Waals surface area contributed by atoms with E-state index in [2.05, 4.69) is 5.32 Å². The fourth-order valence-electron chi connectivity index (χ4n) is 1.02. The number of rotatable bonds is 8. The number of carboxylic acid groups (broad SMARTS) is 2. The first-order valence-electron chi connectivity index (χ1n) is 4.88. The predicted molar refractivity (Wildman–Crippen MR) is 60.8 cm³/mol. The zero-order valence-electron chi connectivity index (χ0n) is 9.38. The summed E-state index contributed by atoms with van der Waals surface area (Å²) in [5, 5.41) is 20.0. The van der Waals surface area contributed by atoms with Crippen LogP contribution >= 0.6 is 0 Å². The van der Waals surface area contributed by atoms with Crippen molar-refractivity contribution < 1.29 is 24.6 Å². The molecule has 0 heterocycles. The molecule has 7 nitrogen and oxygen atoms in total. The average molecular weight is 311 g/mol. The first-order valence-corrected chi connectivity index (χ1v) is 7.80. The fraction of sp³-hybridized carbons (Fsp3) is 0.667. The van der Waals surface area contributed by atoms with Gasteiger partial charge in [-0.15, -0.1) is 0 Å². The van der Waals surface area contributed by atoms with Crippen molar-refractivity contribution >= 4 is 32.8 Å². The van der Waals surface area contributed by atoms with Gasteiger partial charge in [0.2, 0.25) is 0 Å². The molecule has 0 bridgehead atoms. The Balaban J connectivity index is 4.06. The number of hydrogen-bond acceptors (Lipinski definition) is 4. The second-order valence-electron chi connectivity index (χ2n) is 3.40. The van der Waals surface area contributed by atoms with E-state index in [4.69, 9.17) is 15.9 Å². The third-order valence-electron chi connectivity index (χ3n) is 1.97. The van der Waals surface area contributed by atoms with Gasteiger partial charge in [-0.05, 0) is 0 Å². The van der Waals surface area contributed by atoms with Crippen LogP contribution in [0.1, 0.15) is 12.8 Å². The molecule has 0 aromatic carbocycles. The SMILES string of the molecule is C[Se]C[C@@H](NC(=O)CC[C@H](N)C(=O)O)C(=O)O. The molecule has 5 N–H and O–H groups in total. The van der Waals surface area contributed by atoms with Gasteiger partial charge in [0.1, 0.15) is 0 Å². The Morgan fingerprint density at radius 2 is 1.88 bits per heavy atom. The molecule has 0 radical (unpaired) electrons. The van der Waals surface area contributed by atoms with Crippen molar-refractivity contribution in [3.8, 4) is 0 Å². The fourth-order valence-corrected chi connectivity index (χ4v) is 2.19. The Hall–Kier alpha value is -1.11. The first-order chi connectivity index (χ1) is 7.88. The normalized spacial score (nSPS) is 13.8. The van der Waals surface area contributed by atoms with Gasteiger partial charge in [-0.2, -0.15) is 0 Å². The number of carboxylic acids is 2. The first kappa shape index (κ1) is 15.9. The molecule has 0 aliphatic heterocycles. The van der Waals surface area contributed by atoms with E-state index in [1.165, 1.54) is 0 Å². The molecule has 0 spiro atoms. The molecule has 2 atom stereocenters. The number of hydrogen-bond donors (Lipinski definition) is 4. The molecule has 0 aliphatic rings. The van der Waals surface area contributed by atoms with E-state index in [0.717, 1.165) is 0 Å². The number of amides is 1. The van der Waals surface area contributed by atoms with Crippen molar-refractivity contribution in [2.75, 3.05) is 0 Å². The average Bonchev–Trinajstić information content (AvgIpc) is 2.24. The van der Waals surface area contributed by atoms with Crippen LogP contribution < -0.4 is 11.1 Å². The van der Waals surface area contributed by atoms with Crippen molar-refractivity contribution in [1.29, 1.82) is 0 Å². The molecule has 98 valence electrons. The molecular weight excluding hydrogens is 295 g/mol. The van der Waals surface area contributed by atoms with E-state index in [1.54, 1.807) is 0 Å². The summed E-state index contributed by atoms with van der Waals surface area (Å²) >= 11 is 0.133. The molecule has 8 heteroatoms. The zero-order valence-corrected chi connectivity index (χ0v) is 11.1. The van der Waals surface area contributed by atoms with Crippen molar-refractivity contribution in [2.45, 2.75) is 36.1 Å². The molecule has 0 unspecified atom stereocenters. The number of carbonyl (C=O) groups is 3. The number of carbonyl (C=O) groups excluding carboxylic acids is 1. The second kappa shape index (κ2) is 8.05. The Morgan fingerprint density at radius 3 is 2.29 bits per heavy atom. The van der Waals surface area contributed by atoms with Gasteiger partial charge in [-0.3, -0.25) is 0 Å². The van der Waals surface area contributed by atoms with Gasteiger partial charge in [0, 0.05) is 0 Å². The minimum absolute atomic E-state index is 0.00915. The molecule has 0 aliphatic carbocycles. The summed E-state index contributed by atoms with van der Waals surface area (Å²) in [6.07, 6.45) is -0.0985. The summed E-state index contributed by atoms with van der Waals surface area (Å²) in [5.41, 5.74) is 5.22. The van der Waals surface area contributed by atoms with E-state index in [9.17, 15) is 14.4 Å². The van der Waals surface area contributed by atoms with Crippen LogP contribution in [0.2, 0.25) is 11.1 Å². The molecule has 0 rings (SSSR count). The van der Waals surface area contributed by atoms with Gasteiger partial charge in [-0.1, -0.05) is 0 Å². The van der Waals surface area contributed by atoms with E-state index >= 15 is 0 Å². The van der Waals surface area contributed by atoms with E-state index in [-0.39, 0.29) is 27.8 Å². The molecular formula is C9H16N2O5Se. The number of aliphatic carboxylic acids is 2. The Bertz CT molecular complexity index is 297. The molecule has 0 fully saturated rings. The van der Waals surface area contributed by atoms with Gasteiger partial charge in [0.25, 0.3) is 0 Å². The molecule has 0 aromatic rings. The monoisotopic (exact) mass is 312 g/mol. The quantitative estimate of drug-likeness (QED) is 0.422. The maximum absolute atomic E-state index is 11.3. The van der Waals surface area contributed by atoms with Crippen molar-refractivity contribution in [3.63, 3.8) is 0 Å². The van der Waals surface area contributed by atoms with Crippen molar-refractivity contribution in [1.82, 2.24) is 5.32 Å². The third kappa shape index (κ3) is 6.93. The molecule has 1 amide bonds. The summed E-state index contributed by atoms with van der Waals surface area (Å²) in [5.74, 6) is -0.873. The van der Waals surface area contributed by atoms with Crippen LogP contribution in [0.3, 0.4) is 0 Å². The summed E-state index contributed by atoms with van der Waals surface area (Å²) < 4.78 is 0. The molecule has 0 saturated heterocycles. The van der Waals surface area contributed by atoms with Crippen LogP contribution in [-0.2, 0) is 14.4 Å². The van der Waals surface area contributed by atoms with E-state index in [1.807, 2.05) is 5.82 Å². The van der Waals surface area contributed by atoms with Gasteiger partial charge in [0.05, 0.1) is 0 Å². The van der Waals surface area contributed by atoms with Crippen molar-refractivity contribution in [2.24, 2.45) is 5.73 Å². The van der Waals surface area contributed by atoms with E-state index < -0.39 is 29.9 Å².